The van der Waals surface area contributed by atoms with Crippen LogP contribution in [0.25, 0.3) is 0 Å². The minimum absolute atomic E-state index is 0.182. The van der Waals surface area contributed by atoms with Crippen molar-refractivity contribution in [2.75, 3.05) is 5.32 Å². The molecule has 2 N–H and O–H groups in total. The third-order valence-corrected chi connectivity index (χ3v) is 2.11. The largest absolute Gasteiger partial charge is 0.508 e. The van der Waals surface area contributed by atoms with Crippen LogP contribution in [0.1, 0.15) is 33.3 Å². The fraction of sp³-hybridized carbons (Fsp3) is 0.462. The summed E-state index contributed by atoms with van der Waals surface area (Å²) in [6.07, 6.45) is 0.222. The minimum Gasteiger partial charge on any atom is -0.508 e. The van der Waals surface area contributed by atoms with Gasteiger partial charge in [0.1, 0.15) is 11.4 Å². The first kappa shape index (κ1) is 13.4. The Balaban J connectivity index is 2.69. The number of amides is 1. The van der Waals surface area contributed by atoms with E-state index in [1.165, 1.54) is 6.07 Å². The lowest BCUT2D eigenvalue weighted by molar-refractivity contribution is 0.0636. The van der Waals surface area contributed by atoms with Crippen molar-refractivity contribution in [2.24, 2.45) is 0 Å². The molecule has 1 amide bonds. The highest BCUT2D eigenvalue weighted by Crippen LogP contribution is 2.22. The number of hydrogen-bond donors (Lipinski definition) is 2. The average molecular weight is 237 g/mol. The Morgan fingerprint density at radius 2 is 2.06 bits per heavy atom. The highest BCUT2D eigenvalue weighted by atomic mass is 16.6. The lowest BCUT2D eigenvalue weighted by Gasteiger charge is -2.19. The van der Waals surface area contributed by atoms with E-state index in [0.29, 0.717) is 5.69 Å². The van der Waals surface area contributed by atoms with Crippen LogP contribution in [-0.4, -0.2) is 16.8 Å². The fourth-order valence-electron chi connectivity index (χ4n) is 1.36. The van der Waals surface area contributed by atoms with E-state index >= 15 is 0 Å². The second-order valence-corrected chi connectivity index (χ2v) is 4.82. The molecule has 0 spiro atoms. The summed E-state index contributed by atoms with van der Waals surface area (Å²) in [4.78, 5) is 11.5. The molecule has 94 valence electrons. The summed E-state index contributed by atoms with van der Waals surface area (Å²) in [6.45, 7) is 7.34. The maximum atomic E-state index is 11.5. The molecule has 1 aromatic rings. The van der Waals surface area contributed by atoms with Gasteiger partial charge >= 0.3 is 6.09 Å². The van der Waals surface area contributed by atoms with Gasteiger partial charge in [0.15, 0.2) is 0 Å². The number of carbonyl (C=O) groups is 1. The monoisotopic (exact) mass is 237 g/mol. The smallest absolute Gasteiger partial charge is 0.412 e. The van der Waals surface area contributed by atoms with Crippen LogP contribution in [0.2, 0.25) is 0 Å². The molecule has 0 aliphatic heterocycles. The summed E-state index contributed by atoms with van der Waals surface area (Å²) in [5.41, 5.74) is 0.837. The number of rotatable bonds is 2. The topological polar surface area (TPSA) is 58.6 Å². The molecule has 17 heavy (non-hydrogen) atoms. The van der Waals surface area contributed by atoms with Gasteiger partial charge < -0.3 is 9.84 Å². The summed E-state index contributed by atoms with van der Waals surface area (Å²) in [6, 6.07) is 5.03. The van der Waals surface area contributed by atoms with Gasteiger partial charge in [0.05, 0.1) is 0 Å². The molecular weight excluding hydrogens is 218 g/mol. The molecule has 4 nitrogen and oxygen atoms in total. The molecule has 0 saturated heterocycles. The molecule has 0 aliphatic carbocycles. The Hall–Kier alpha value is -1.71. The van der Waals surface area contributed by atoms with Gasteiger partial charge in [-0.25, -0.2) is 4.79 Å². The zero-order chi connectivity index (χ0) is 13.1. The van der Waals surface area contributed by atoms with Crippen LogP contribution in [0.5, 0.6) is 5.75 Å². The number of anilines is 1. The van der Waals surface area contributed by atoms with Gasteiger partial charge in [-0.3, -0.25) is 5.32 Å². The summed E-state index contributed by atoms with van der Waals surface area (Å²) in [5, 5.41) is 12.2. The molecule has 0 atom stereocenters. The molecule has 0 aromatic heterocycles. The summed E-state index contributed by atoms with van der Waals surface area (Å²) in [5.74, 6) is 0.182. The zero-order valence-corrected chi connectivity index (χ0v) is 10.7. The third-order valence-electron chi connectivity index (χ3n) is 2.11. The van der Waals surface area contributed by atoms with Crippen molar-refractivity contribution in [1.82, 2.24) is 0 Å². The number of aryl methyl sites for hydroxylation is 1. The fourth-order valence-corrected chi connectivity index (χ4v) is 1.36. The SMILES string of the molecule is CCc1ccc(NC(=O)OC(C)(C)C)cc1O. The normalized spacial score (nSPS) is 11.1. The van der Waals surface area contributed by atoms with Crippen molar-refractivity contribution in [3.63, 3.8) is 0 Å². The minimum atomic E-state index is -0.532. The number of phenolic OH excluding ortho intramolecular Hbond substituents is 1. The summed E-state index contributed by atoms with van der Waals surface area (Å²) < 4.78 is 5.11. The molecule has 0 heterocycles. The van der Waals surface area contributed by atoms with Crippen molar-refractivity contribution in [1.29, 1.82) is 0 Å². The molecule has 0 bridgehead atoms. The van der Waals surface area contributed by atoms with E-state index < -0.39 is 11.7 Å². The number of aromatic hydroxyl groups is 1. The van der Waals surface area contributed by atoms with Crippen molar-refractivity contribution in [2.45, 2.75) is 39.7 Å². The predicted octanol–water partition coefficient (Wildman–Crippen LogP) is 3.30. The summed E-state index contributed by atoms with van der Waals surface area (Å²) in [7, 11) is 0. The second-order valence-electron chi connectivity index (χ2n) is 4.82. The molecule has 1 rings (SSSR count). The van der Waals surface area contributed by atoms with Crippen LogP contribution in [0.3, 0.4) is 0 Å². The van der Waals surface area contributed by atoms with E-state index in [1.54, 1.807) is 32.9 Å². The molecule has 0 fully saturated rings. The first-order valence-electron chi connectivity index (χ1n) is 5.63. The Morgan fingerprint density at radius 3 is 2.53 bits per heavy atom. The van der Waals surface area contributed by atoms with Gasteiger partial charge in [0, 0.05) is 11.8 Å². The maximum absolute atomic E-state index is 11.5. The number of phenols is 1. The molecule has 0 unspecified atom stereocenters. The lowest BCUT2D eigenvalue weighted by Crippen LogP contribution is -2.27. The zero-order valence-electron chi connectivity index (χ0n) is 10.7. The molecule has 1 aromatic carbocycles. The Kier molecular flexibility index (Phi) is 3.99. The highest BCUT2D eigenvalue weighted by molar-refractivity contribution is 5.85. The standard InChI is InChI=1S/C13H19NO3/c1-5-9-6-7-10(8-11(9)15)14-12(16)17-13(2,3)4/h6-8,15H,5H2,1-4H3,(H,14,16). The second kappa shape index (κ2) is 5.08. The Labute approximate surface area is 102 Å². The number of carbonyl (C=O) groups excluding carboxylic acids is 1. The molecular formula is C13H19NO3. The van der Waals surface area contributed by atoms with Crippen molar-refractivity contribution in [3.8, 4) is 5.75 Å². The van der Waals surface area contributed by atoms with E-state index in [2.05, 4.69) is 5.32 Å². The van der Waals surface area contributed by atoms with E-state index in [-0.39, 0.29) is 5.75 Å². The van der Waals surface area contributed by atoms with Gasteiger partial charge in [-0.15, -0.1) is 0 Å². The predicted molar refractivity (Wildman–Crippen MR) is 67.3 cm³/mol. The van der Waals surface area contributed by atoms with Crippen molar-refractivity contribution >= 4 is 11.8 Å². The highest BCUT2D eigenvalue weighted by Gasteiger charge is 2.16. The molecule has 0 aliphatic rings. The Morgan fingerprint density at radius 1 is 1.41 bits per heavy atom. The number of ether oxygens (including phenoxy) is 1. The van der Waals surface area contributed by atoms with Crippen LogP contribution in [0, 0.1) is 0 Å². The van der Waals surface area contributed by atoms with Crippen molar-refractivity contribution in [3.05, 3.63) is 23.8 Å². The summed E-state index contributed by atoms with van der Waals surface area (Å²) >= 11 is 0. The number of hydrogen-bond acceptors (Lipinski definition) is 3. The van der Waals surface area contributed by atoms with E-state index in [9.17, 15) is 9.90 Å². The van der Waals surface area contributed by atoms with Gasteiger partial charge in [0.2, 0.25) is 0 Å². The number of benzene rings is 1. The molecule has 4 heteroatoms. The first-order valence-corrected chi connectivity index (χ1v) is 5.63. The lowest BCUT2D eigenvalue weighted by atomic mass is 10.1. The van der Waals surface area contributed by atoms with Gasteiger partial charge in [-0.05, 0) is 38.8 Å². The van der Waals surface area contributed by atoms with Crippen molar-refractivity contribution < 1.29 is 14.6 Å². The van der Waals surface area contributed by atoms with Gasteiger partial charge in [-0.2, -0.15) is 0 Å². The van der Waals surface area contributed by atoms with E-state index in [1.807, 2.05) is 6.92 Å². The van der Waals surface area contributed by atoms with E-state index in [0.717, 1.165) is 12.0 Å². The van der Waals surface area contributed by atoms with Crippen LogP contribution >= 0.6 is 0 Å². The number of nitrogens with one attached hydrogen (secondary N) is 1. The third kappa shape index (κ3) is 4.34. The molecule has 0 radical (unpaired) electrons. The van der Waals surface area contributed by atoms with Gasteiger partial charge in [0.25, 0.3) is 0 Å². The quantitative estimate of drug-likeness (QED) is 0.829. The van der Waals surface area contributed by atoms with Crippen LogP contribution in [0.15, 0.2) is 18.2 Å². The Bertz CT molecular complexity index is 408. The molecule has 0 saturated carbocycles. The first-order chi connectivity index (χ1) is 7.81. The van der Waals surface area contributed by atoms with Crippen LogP contribution < -0.4 is 5.32 Å². The van der Waals surface area contributed by atoms with Crippen LogP contribution in [0.4, 0.5) is 10.5 Å². The maximum Gasteiger partial charge on any atom is 0.412 e. The van der Waals surface area contributed by atoms with Crippen LogP contribution in [-0.2, 0) is 11.2 Å². The van der Waals surface area contributed by atoms with Gasteiger partial charge in [-0.1, -0.05) is 13.0 Å². The average Bonchev–Trinajstić information content (AvgIpc) is 2.14. The van der Waals surface area contributed by atoms with E-state index in [4.69, 9.17) is 4.74 Å².